The van der Waals surface area contributed by atoms with E-state index in [-0.39, 0.29) is 18.9 Å². The summed E-state index contributed by atoms with van der Waals surface area (Å²) in [5, 5.41) is 24.8. The molecule has 3 aromatic rings. The Bertz CT molecular complexity index is 893. The van der Waals surface area contributed by atoms with Gasteiger partial charge in [-0.15, -0.1) is 0 Å². The normalized spacial score (nSPS) is 11.2. The Morgan fingerprint density at radius 1 is 1.12 bits per heavy atom. The molecule has 0 aliphatic carbocycles. The van der Waals surface area contributed by atoms with Crippen molar-refractivity contribution in [3.8, 4) is 16.9 Å². The minimum atomic E-state index is 0.0870. The smallest absolute Gasteiger partial charge is 0.138 e. The molecule has 130 valence electrons. The lowest BCUT2D eigenvalue weighted by Crippen LogP contribution is -2.18. The lowest BCUT2D eigenvalue weighted by Gasteiger charge is -2.19. The molecule has 0 saturated carbocycles. The Morgan fingerprint density at radius 3 is 2.68 bits per heavy atom. The summed E-state index contributed by atoms with van der Waals surface area (Å²) in [6.45, 7) is 3.38. The number of fused-ring (bicyclic) bond motifs is 1. The van der Waals surface area contributed by atoms with Crippen LogP contribution in [0.5, 0.6) is 5.75 Å². The molecule has 1 aromatic heterocycles. The van der Waals surface area contributed by atoms with Crippen LogP contribution in [-0.2, 0) is 13.1 Å². The summed E-state index contributed by atoms with van der Waals surface area (Å²) >= 11 is 0. The van der Waals surface area contributed by atoms with Gasteiger partial charge in [-0.25, -0.2) is 0 Å². The summed E-state index contributed by atoms with van der Waals surface area (Å²) in [5.41, 5.74) is 10.5. The SMILES string of the molecule is Cc1ncc(O)c(CN)c1-c1c(CNCCO)ccc2ccccc12. The zero-order chi connectivity index (χ0) is 17.8. The van der Waals surface area contributed by atoms with E-state index in [0.29, 0.717) is 18.7 Å². The monoisotopic (exact) mass is 337 g/mol. The Morgan fingerprint density at radius 2 is 1.92 bits per heavy atom. The number of pyridine rings is 1. The van der Waals surface area contributed by atoms with Gasteiger partial charge in [0, 0.05) is 36.5 Å². The molecule has 5 N–H and O–H groups in total. The summed E-state index contributed by atoms with van der Waals surface area (Å²) in [5.74, 6) is 0.116. The molecule has 3 rings (SSSR count). The topological polar surface area (TPSA) is 91.4 Å². The van der Waals surface area contributed by atoms with Crippen molar-refractivity contribution in [2.24, 2.45) is 5.73 Å². The first-order valence-electron chi connectivity index (χ1n) is 8.37. The Hall–Kier alpha value is -2.47. The van der Waals surface area contributed by atoms with E-state index in [1.807, 2.05) is 19.1 Å². The van der Waals surface area contributed by atoms with Gasteiger partial charge in [-0.1, -0.05) is 36.4 Å². The summed E-state index contributed by atoms with van der Waals surface area (Å²) in [7, 11) is 0. The highest BCUT2D eigenvalue weighted by Crippen LogP contribution is 2.38. The Balaban J connectivity index is 2.30. The fourth-order valence-corrected chi connectivity index (χ4v) is 3.25. The maximum atomic E-state index is 10.3. The number of aromatic nitrogens is 1. The maximum Gasteiger partial charge on any atom is 0.138 e. The van der Waals surface area contributed by atoms with Crippen LogP contribution in [0.15, 0.2) is 42.6 Å². The molecule has 0 spiro atoms. The van der Waals surface area contributed by atoms with Crippen LogP contribution >= 0.6 is 0 Å². The molecule has 0 aliphatic rings. The van der Waals surface area contributed by atoms with Crippen LogP contribution in [0.3, 0.4) is 0 Å². The van der Waals surface area contributed by atoms with E-state index in [9.17, 15) is 5.11 Å². The van der Waals surface area contributed by atoms with E-state index in [1.54, 1.807) is 0 Å². The molecule has 0 atom stereocenters. The molecule has 0 amide bonds. The number of benzene rings is 2. The second-order valence-electron chi connectivity index (χ2n) is 6.01. The van der Waals surface area contributed by atoms with Gasteiger partial charge in [-0.2, -0.15) is 0 Å². The quantitative estimate of drug-likeness (QED) is 0.519. The zero-order valence-corrected chi connectivity index (χ0v) is 14.3. The third-order valence-electron chi connectivity index (χ3n) is 4.43. The number of aliphatic hydroxyl groups excluding tert-OH is 1. The van der Waals surface area contributed by atoms with Gasteiger partial charge in [0.1, 0.15) is 5.75 Å². The molecule has 25 heavy (non-hydrogen) atoms. The van der Waals surface area contributed by atoms with Crippen molar-refractivity contribution in [3.05, 3.63) is 59.4 Å². The van der Waals surface area contributed by atoms with Crippen molar-refractivity contribution in [2.45, 2.75) is 20.0 Å². The summed E-state index contributed by atoms with van der Waals surface area (Å²) in [4.78, 5) is 4.34. The number of hydrogen-bond acceptors (Lipinski definition) is 5. The fraction of sp³-hybridized carbons (Fsp3) is 0.250. The van der Waals surface area contributed by atoms with Crippen LogP contribution in [0, 0.1) is 6.92 Å². The standard InChI is InChI=1S/C20H23N3O2/c1-13-19(17(10-21)18(25)12-23-13)20-15(11-22-8-9-24)7-6-14-4-2-3-5-16(14)20/h2-7,12,22,24-25H,8-11,21H2,1H3. The number of aliphatic hydroxyl groups is 1. The highest BCUT2D eigenvalue weighted by Gasteiger charge is 2.18. The van der Waals surface area contributed by atoms with Gasteiger partial charge >= 0.3 is 0 Å². The fourth-order valence-electron chi connectivity index (χ4n) is 3.25. The van der Waals surface area contributed by atoms with Gasteiger partial charge in [-0.3, -0.25) is 4.98 Å². The molecular weight excluding hydrogens is 314 g/mol. The van der Waals surface area contributed by atoms with Crippen molar-refractivity contribution in [3.63, 3.8) is 0 Å². The molecule has 0 aliphatic heterocycles. The average Bonchev–Trinajstić information content (AvgIpc) is 2.63. The van der Waals surface area contributed by atoms with Gasteiger partial charge in [0.15, 0.2) is 0 Å². The van der Waals surface area contributed by atoms with E-state index in [0.717, 1.165) is 33.2 Å². The molecule has 2 aromatic carbocycles. The number of nitrogens with two attached hydrogens (primary N) is 1. The van der Waals surface area contributed by atoms with Gasteiger partial charge < -0.3 is 21.3 Å². The summed E-state index contributed by atoms with van der Waals surface area (Å²) < 4.78 is 0. The van der Waals surface area contributed by atoms with E-state index in [1.165, 1.54) is 6.20 Å². The molecule has 5 nitrogen and oxygen atoms in total. The minimum Gasteiger partial charge on any atom is -0.506 e. The number of nitrogens with zero attached hydrogens (tertiary/aromatic N) is 1. The molecule has 5 heteroatoms. The Labute approximate surface area is 147 Å². The van der Waals surface area contributed by atoms with Crippen LogP contribution < -0.4 is 11.1 Å². The third-order valence-corrected chi connectivity index (χ3v) is 4.43. The first-order valence-corrected chi connectivity index (χ1v) is 8.37. The molecular formula is C20H23N3O2. The van der Waals surface area contributed by atoms with Crippen LogP contribution in [0.25, 0.3) is 21.9 Å². The number of nitrogens with one attached hydrogen (secondary N) is 1. The van der Waals surface area contributed by atoms with Crippen LogP contribution in [-0.4, -0.2) is 28.3 Å². The number of rotatable bonds is 6. The van der Waals surface area contributed by atoms with Crippen molar-refractivity contribution in [2.75, 3.05) is 13.2 Å². The average molecular weight is 337 g/mol. The van der Waals surface area contributed by atoms with Gasteiger partial charge in [0.05, 0.1) is 12.8 Å². The molecule has 0 saturated heterocycles. The predicted octanol–water partition coefficient (Wildman–Crippen LogP) is 2.46. The van der Waals surface area contributed by atoms with Crippen molar-refractivity contribution in [1.82, 2.24) is 10.3 Å². The number of aromatic hydroxyl groups is 1. The van der Waals surface area contributed by atoms with Gasteiger partial charge in [0.25, 0.3) is 0 Å². The third kappa shape index (κ3) is 3.35. The first-order chi connectivity index (χ1) is 12.2. The lowest BCUT2D eigenvalue weighted by molar-refractivity contribution is 0.292. The predicted molar refractivity (Wildman–Crippen MR) is 100 cm³/mol. The Kier molecular flexibility index (Phi) is 5.28. The van der Waals surface area contributed by atoms with E-state index >= 15 is 0 Å². The largest absolute Gasteiger partial charge is 0.506 e. The van der Waals surface area contributed by atoms with Crippen LogP contribution in [0.1, 0.15) is 16.8 Å². The molecule has 1 heterocycles. The van der Waals surface area contributed by atoms with E-state index in [4.69, 9.17) is 10.8 Å². The number of aryl methyl sites for hydroxylation is 1. The number of hydrogen-bond donors (Lipinski definition) is 4. The van der Waals surface area contributed by atoms with Crippen LogP contribution in [0.2, 0.25) is 0 Å². The first kappa shape index (κ1) is 17.4. The van der Waals surface area contributed by atoms with Crippen molar-refractivity contribution >= 4 is 10.8 Å². The second-order valence-corrected chi connectivity index (χ2v) is 6.01. The molecule has 0 bridgehead atoms. The van der Waals surface area contributed by atoms with E-state index in [2.05, 4.69) is 34.6 Å². The molecule has 0 fully saturated rings. The lowest BCUT2D eigenvalue weighted by atomic mass is 9.89. The second kappa shape index (κ2) is 7.61. The maximum absolute atomic E-state index is 10.3. The van der Waals surface area contributed by atoms with Crippen LogP contribution in [0.4, 0.5) is 0 Å². The minimum absolute atomic E-state index is 0.0870. The highest BCUT2D eigenvalue weighted by molar-refractivity contribution is 5.99. The zero-order valence-electron chi connectivity index (χ0n) is 14.3. The molecule has 0 radical (unpaired) electrons. The van der Waals surface area contributed by atoms with E-state index < -0.39 is 0 Å². The van der Waals surface area contributed by atoms with Crippen molar-refractivity contribution in [1.29, 1.82) is 0 Å². The van der Waals surface area contributed by atoms with Gasteiger partial charge in [-0.05, 0) is 28.8 Å². The summed E-state index contributed by atoms with van der Waals surface area (Å²) in [6, 6.07) is 12.3. The van der Waals surface area contributed by atoms with Crippen molar-refractivity contribution < 1.29 is 10.2 Å². The summed E-state index contributed by atoms with van der Waals surface area (Å²) in [6.07, 6.45) is 1.45. The highest BCUT2D eigenvalue weighted by atomic mass is 16.3. The molecule has 0 unspecified atom stereocenters. The van der Waals surface area contributed by atoms with Gasteiger partial charge in [0.2, 0.25) is 0 Å².